The zero-order valence-corrected chi connectivity index (χ0v) is 9.24. The Bertz CT molecular complexity index is 273. The summed E-state index contributed by atoms with van der Waals surface area (Å²) in [6.07, 6.45) is 1.62. The molecule has 0 spiro atoms. The van der Waals surface area contributed by atoms with Gasteiger partial charge < -0.3 is 9.84 Å². The standard InChI is InChI=1S/C10H17NO4/c1-10(2)7(8(10)9(12)13)6-11-15-5-4-14-3/h6,8,11H,4-5H2,1-3H3,(H,12,13). The van der Waals surface area contributed by atoms with Crippen molar-refractivity contribution in [2.75, 3.05) is 20.3 Å². The second kappa shape index (κ2) is 4.63. The molecule has 5 nitrogen and oxygen atoms in total. The van der Waals surface area contributed by atoms with E-state index in [0.717, 1.165) is 5.57 Å². The Morgan fingerprint density at radius 1 is 1.60 bits per heavy atom. The Hall–Kier alpha value is -1.07. The number of aliphatic carboxylic acids is 1. The average Bonchev–Trinajstić information content (AvgIpc) is 2.68. The van der Waals surface area contributed by atoms with E-state index in [1.807, 2.05) is 13.8 Å². The van der Waals surface area contributed by atoms with Gasteiger partial charge >= 0.3 is 5.97 Å². The molecule has 2 N–H and O–H groups in total. The Kier molecular flexibility index (Phi) is 3.71. The van der Waals surface area contributed by atoms with E-state index in [2.05, 4.69) is 5.48 Å². The maximum atomic E-state index is 10.8. The molecule has 0 aromatic carbocycles. The minimum Gasteiger partial charge on any atom is -0.481 e. The van der Waals surface area contributed by atoms with E-state index in [-0.39, 0.29) is 5.41 Å². The lowest BCUT2D eigenvalue weighted by Crippen LogP contribution is -2.11. The summed E-state index contributed by atoms with van der Waals surface area (Å²) in [7, 11) is 1.59. The minimum atomic E-state index is -0.787. The van der Waals surface area contributed by atoms with Crippen LogP contribution in [0.15, 0.2) is 11.8 Å². The summed E-state index contributed by atoms with van der Waals surface area (Å²) in [4.78, 5) is 15.8. The Morgan fingerprint density at radius 2 is 2.27 bits per heavy atom. The van der Waals surface area contributed by atoms with Gasteiger partial charge in [0.15, 0.2) is 0 Å². The number of rotatable bonds is 6. The predicted octanol–water partition coefficient (Wildman–Crippen LogP) is 0.778. The molecule has 0 aliphatic heterocycles. The van der Waals surface area contributed by atoms with Crippen LogP contribution in [0.4, 0.5) is 0 Å². The second-order valence-electron chi connectivity index (χ2n) is 4.05. The van der Waals surface area contributed by atoms with E-state index >= 15 is 0 Å². The Morgan fingerprint density at radius 3 is 2.73 bits per heavy atom. The van der Waals surface area contributed by atoms with Gasteiger partial charge in [-0.3, -0.25) is 15.1 Å². The molecule has 0 amide bonds. The normalized spacial score (nSPS) is 25.3. The summed E-state index contributed by atoms with van der Waals surface area (Å²) in [5.74, 6) is -1.18. The van der Waals surface area contributed by atoms with Gasteiger partial charge in [-0.2, -0.15) is 0 Å². The fraction of sp³-hybridized carbons (Fsp3) is 0.700. The lowest BCUT2D eigenvalue weighted by atomic mass is 10.1. The Balaban J connectivity index is 2.33. The topological polar surface area (TPSA) is 67.8 Å². The van der Waals surface area contributed by atoms with Crippen LogP contribution in [0.3, 0.4) is 0 Å². The second-order valence-corrected chi connectivity index (χ2v) is 4.05. The van der Waals surface area contributed by atoms with Crippen LogP contribution in [-0.4, -0.2) is 31.4 Å². The molecular weight excluding hydrogens is 198 g/mol. The number of hydrogen-bond donors (Lipinski definition) is 2. The van der Waals surface area contributed by atoms with E-state index in [9.17, 15) is 4.79 Å². The largest absolute Gasteiger partial charge is 0.481 e. The van der Waals surface area contributed by atoms with Gasteiger partial charge in [-0.05, 0) is 5.57 Å². The first-order valence-corrected chi connectivity index (χ1v) is 4.81. The number of nitrogens with one attached hydrogen (secondary N) is 1. The predicted molar refractivity (Wildman–Crippen MR) is 54.0 cm³/mol. The van der Waals surface area contributed by atoms with Crippen molar-refractivity contribution in [2.45, 2.75) is 13.8 Å². The summed E-state index contributed by atoms with van der Waals surface area (Å²) in [6, 6.07) is 0. The van der Waals surface area contributed by atoms with Crippen molar-refractivity contribution >= 4 is 5.97 Å². The first kappa shape index (κ1) is 12.0. The maximum Gasteiger partial charge on any atom is 0.311 e. The third-order valence-corrected chi connectivity index (χ3v) is 2.63. The van der Waals surface area contributed by atoms with Crippen molar-refractivity contribution in [3.8, 4) is 0 Å². The highest BCUT2D eigenvalue weighted by Gasteiger charge is 2.57. The van der Waals surface area contributed by atoms with Gasteiger partial charge in [-0.1, -0.05) is 13.8 Å². The molecule has 0 saturated heterocycles. The molecule has 1 rings (SSSR count). The van der Waals surface area contributed by atoms with Crippen LogP contribution in [0.5, 0.6) is 0 Å². The molecule has 1 unspecified atom stereocenters. The molecule has 0 heterocycles. The highest BCUT2D eigenvalue weighted by molar-refractivity contribution is 5.82. The molecular formula is C10H17NO4. The lowest BCUT2D eigenvalue weighted by Gasteiger charge is -2.00. The number of carbonyl (C=O) groups is 1. The molecule has 1 fully saturated rings. The molecule has 86 valence electrons. The van der Waals surface area contributed by atoms with Gasteiger partial charge in [0.05, 0.1) is 19.1 Å². The summed E-state index contributed by atoms with van der Waals surface area (Å²) >= 11 is 0. The minimum absolute atomic E-state index is 0.260. The molecule has 0 aromatic heterocycles. The molecule has 0 bridgehead atoms. The van der Waals surface area contributed by atoms with Crippen LogP contribution >= 0.6 is 0 Å². The van der Waals surface area contributed by atoms with E-state index in [1.54, 1.807) is 13.3 Å². The van der Waals surface area contributed by atoms with E-state index in [4.69, 9.17) is 14.7 Å². The molecule has 1 aliphatic carbocycles. The van der Waals surface area contributed by atoms with Crippen LogP contribution in [0.2, 0.25) is 0 Å². The van der Waals surface area contributed by atoms with Gasteiger partial charge in [-0.25, -0.2) is 0 Å². The van der Waals surface area contributed by atoms with Crippen LogP contribution in [0.1, 0.15) is 13.8 Å². The zero-order valence-electron chi connectivity index (χ0n) is 9.24. The van der Waals surface area contributed by atoms with Crippen molar-refractivity contribution < 1.29 is 19.5 Å². The highest BCUT2D eigenvalue weighted by Crippen LogP contribution is 2.57. The summed E-state index contributed by atoms with van der Waals surface area (Å²) in [6.45, 7) is 4.73. The van der Waals surface area contributed by atoms with Crippen molar-refractivity contribution in [2.24, 2.45) is 11.3 Å². The average molecular weight is 215 g/mol. The molecule has 5 heteroatoms. The quantitative estimate of drug-likeness (QED) is 0.506. The van der Waals surface area contributed by atoms with Crippen molar-refractivity contribution in [1.82, 2.24) is 5.48 Å². The molecule has 0 radical (unpaired) electrons. The van der Waals surface area contributed by atoms with Crippen LogP contribution in [-0.2, 0) is 14.4 Å². The van der Waals surface area contributed by atoms with Gasteiger partial charge in [0.25, 0.3) is 0 Å². The third-order valence-electron chi connectivity index (χ3n) is 2.63. The molecule has 0 aromatic rings. The van der Waals surface area contributed by atoms with Gasteiger partial charge in [-0.15, -0.1) is 0 Å². The SMILES string of the molecule is COCCONC=C1C(C(=O)O)C1(C)C. The number of carboxylic acid groups (broad SMARTS) is 1. The maximum absolute atomic E-state index is 10.8. The Labute approximate surface area is 89.0 Å². The molecule has 1 aliphatic rings. The van der Waals surface area contributed by atoms with Crippen LogP contribution in [0.25, 0.3) is 0 Å². The van der Waals surface area contributed by atoms with Gasteiger partial charge in [0.1, 0.15) is 0 Å². The first-order chi connectivity index (χ1) is 7.01. The smallest absolute Gasteiger partial charge is 0.311 e. The van der Waals surface area contributed by atoms with Crippen molar-refractivity contribution in [3.63, 3.8) is 0 Å². The zero-order chi connectivity index (χ0) is 11.5. The summed E-state index contributed by atoms with van der Waals surface area (Å²) < 4.78 is 4.78. The van der Waals surface area contributed by atoms with Crippen molar-refractivity contribution in [3.05, 3.63) is 11.8 Å². The highest BCUT2D eigenvalue weighted by atomic mass is 16.7. The van der Waals surface area contributed by atoms with E-state index in [0.29, 0.717) is 13.2 Å². The summed E-state index contributed by atoms with van der Waals surface area (Å²) in [5.41, 5.74) is 3.21. The first-order valence-electron chi connectivity index (χ1n) is 4.81. The van der Waals surface area contributed by atoms with E-state index in [1.165, 1.54) is 0 Å². The monoisotopic (exact) mass is 215 g/mol. The van der Waals surface area contributed by atoms with Gasteiger partial charge in [0.2, 0.25) is 0 Å². The van der Waals surface area contributed by atoms with E-state index < -0.39 is 11.9 Å². The fourth-order valence-electron chi connectivity index (χ4n) is 1.58. The number of hydroxylamine groups is 1. The number of ether oxygens (including phenoxy) is 1. The molecule has 1 atom stereocenters. The van der Waals surface area contributed by atoms with Crippen LogP contribution < -0.4 is 5.48 Å². The number of methoxy groups -OCH3 is 1. The lowest BCUT2D eigenvalue weighted by molar-refractivity contribution is -0.139. The fourth-order valence-corrected chi connectivity index (χ4v) is 1.58. The molecule has 1 saturated carbocycles. The third kappa shape index (κ3) is 2.70. The number of carboxylic acids is 1. The van der Waals surface area contributed by atoms with Crippen molar-refractivity contribution in [1.29, 1.82) is 0 Å². The number of hydrogen-bond acceptors (Lipinski definition) is 4. The molecule has 15 heavy (non-hydrogen) atoms. The van der Waals surface area contributed by atoms with Gasteiger partial charge in [0, 0.05) is 18.7 Å². The van der Waals surface area contributed by atoms with Crippen LogP contribution in [0, 0.1) is 11.3 Å². The summed E-state index contributed by atoms with van der Waals surface area (Å²) in [5, 5.41) is 8.87.